The zero-order valence-electron chi connectivity index (χ0n) is 14.9. The summed E-state index contributed by atoms with van der Waals surface area (Å²) in [5, 5.41) is 0. The van der Waals surface area contributed by atoms with E-state index in [1.54, 1.807) is 0 Å². The van der Waals surface area contributed by atoms with Gasteiger partial charge in [0.05, 0.1) is 13.2 Å². The second-order valence-electron chi connectivity index (χ2n) is 8.94. The zero-order valence-corrected chi connectivity index (χ0v) is 14.9. The highest BCUT2D eigenvalue weighted by Gasteiger charge is 2.46. The number of nitrogens with two attached hydrogens (primary N) is 1. The van der Waals surface area contributed by atoms with Crippen molar-refractivity contribution < 1.29 is 4.74 Å². The first-order valence-electron chi connectivity index (χ1n) is 8.77. The lowest BCUT2D eigenvalue weighted by Crippen LogP contribution is -2.65. The second-order valence-corrected chi connectivity index (χ2v) is 8.94. The molecule has 1 saturated carbocycles. The van der Waals surface area contributed by atoms with Crippen molar-refractivity contribution in [1.82, 2.24) is 4.90 Å². The van der Waals surface area contributed by atoms with E-state index < -0.39 is 0 Å². The molecule has 0 radical (unpaired) electrons. The number of nitrogens with zero attached hydrogens (tertiary/aromatic N) is 1. The molecule has 0 aromatic carbocycles. The summed E-state index contributed by atoms with van der Waals surface area (Å²) in [6, 6.07) is 0. The minimum atomic E-state index is 0.110. The van der Waals surface area contributed by atoms with Crippen LogP contribution in [0.25, 0.3) is 0 Å². The molecule has 0 spiro atoms. The molecule has 1 aliphatic carbocycles. The first kappa shape index (κ1) is 17.2. The quantitative estimate of drug-likeness (QED) is 0.794. The smallest absolute Gasteiger partial charge is 0.0645 e. The summed E-state index contributed by atoms with van der Waals surface area (Å²) in [6.45, 7) is 15.3. The van der Waals surface area contributed by atoms with Gasteiger partial charge in [0.15, 0.2) is 0 Å². The van der Waals surface area contributed by atoms with Crippen LogP contribution in [0.4, 0.5) is 0 Å². The molecule has 2 aliphatic rings. The first-order chi connectivity index (χ1) is 9.71. The van der Waals surface area contributed by atoms with Crippen molar-refractivity contribution in [1.29, 1.82) is 0 Å². The van der Waals surface area contributed by atoms with Crippen LogP contribution < -0.4 is 5.73 Å². The summed E-state index contributed by atoms with van der Waals surface area (Å²) in [6.07, 6.45) is 6.48. The van der Waals surface area contributed by atoms with Crippen LogP contribution in [0.3, 0.4) is 0 Å². The van der Waals surface area contributed by atoms with Gasteiger partial charge in [-0.3, -0.25) is 4.90 Å². The molecule has 3 heteroatoms. The Hall–Kier alpha value is -0.120. The maximum absolute atomic E-state index is 6.33. The minimum Gasteiger partial charge on any atom is -0.378 e. The Bertz CT molecular complexity index is 348. The van der Waals surface area contributed by atoms with E-state index in [-0.39, 0.29) is 11.1 Å². The number of rotatable bonds is 2. The largest absolute Gasteiger partial charge is 0.378 e. The van der Waals surface area contributed by atoms with E-state index in [1.165, 1.54) is 32.1 Å². The van der Waals surface area contributed by atoms with Crippen LogP contribution in [0.1, 0.15) is 66.7 Å². The van der Waals surface area contributed by atoms with Gasteiger partial charge in [-0.15, -0.1) is 0 Å². The van der Waals surface area contributed by atoms with Crippen molar-refractivity contribution >= 4 is 0 Å². The lowest BCUT2D eigenvalue weighted by molar-refractivity contribution is -0.108. The Balaban J connectivity index is 2.18. The third-order valence-electron chi connectivity index (χ3n) is 5.98. The molecule has 3 nitrogen and oxygen atoms in total. The van der Waals surface area contributed by atoms with Crippen LogP contribution in [-0.2, 0) is 4.74 Å². The van der Waals surface area contributed by atoms with Crippen LogP contribution in [0.5, 0.6) is 0 Å². The molecule has 0 aromatic heterocycles. The van der Waals surface area contributed by atoms with Gasteiger partial charge in [-0.1, -0.05) is 27.2 Å². The monoisotopic (exact) mass is 296 g/mol. The highest BCUT2D eigenvalue weighted by Crippen LogP contribution is 2.43. The van der Waals surface area contributed by atoms with Crippen molar-refractivity contribution in [3.63, 3.8) is 0 Å². The van der Waals surface area contributed by atoms with E-state index in [0.29, 0.717) is 5.41 Å². The summed E-state index contributed by atoms with van der Waals surface area (Å²) >= 11 is 0. The van der Waals surface area contributed by atoms with E-state index in [0.717, 1.165) is 32.2 Å². The fourth-order valence-corrected chi connectivity index (χ4v) is 4.58. The summed E-state index contributed by atoms with van der Waals surface area (Å²) in [5.41, 5.74) is 7.05. The number of morpholine rings is 1. The van der Waals surface area contributed by atoms with E-state index >= 15 is 0 Å². The molecule has 0 bridgehead atoms. The lowest BCUT2D eigenvalue weighted by Gasteiger charge is -2.54. The summed E-state index contributed by atoms with van der Waals surface area (Å²) < 4.78 is 5.72. The average Bonchev–Trinajstić information content (AvgIpc) is 2.61. The highest BCUT2D eigenvalue weighted by atomic mass is 16.5. The molecule has 2 fully saturated rings. The van der Waals surface area contributed by atoms with Gasteiger partial charge < -0.3 is 10.5 Å². The molecule has 124 valence electrons. The molecule has 21 heavy (non-hydrogen) atoms. The van der Waals surface area contributed by atoms with Crippen LogP contribution >= 0.6 is 0 Å². The molecule has 2 atom stereocenters. The summed E-state index contributed by atoms with van der Waals surface area (Å²) in [7, 11) is 0. The van der Waals surface area contributed by atoms with Crippen LogP contribution in [-0.4, -0.2) is 42.3 Å². The van der Waals surface area contributed by atoms with Gasteiger partial charge in [-0.05, 0) is 50.9 Å². The Morgan fingerprint density at radius 3 is 2.48 bits per heavy atom. The topological polar surface area (TPSA) is 38.5 Å². The maximum atomic E-state index is 6.33. The van der Waals surface area contributed by atoms with Gasteiger partial charge in [0.2, 0.25) is 0 Å². The van der Waals surface area contributed by atoms with Crippen molar-refractivity contribution in [3.8, 4) is 0 Å². The van der Waals surface area contributed by atoms with Crippen LogP contribution in [0.15, 0.2) is 0 Å². The van der Waals surface area contributed by atoms with Crippen molar-refractivity contribution in [3.05, 3.63) is 0 Å². The van der Waals surface area contributed by atoms with Gasteiger partial charge in [0.1, 0.15) is 0 Å². The van der Waals surface area contributed by atoms with Crippen molar-refractivity contribution in [2.24, 2.45) is 17.1 Å². The maximum Gasteiger partial charge on any atom is 0.0645 e. The second kappa shape index (κ2) is 6.17. The van der Waals surface area contributed by atoms with Crippen molar-refractivity contribution in [2.75, 3.05) is 26.3 Å². The molecule has 1 heterocycles. The summed E-state index contributed by atoms with van der Waals surface area (Å²) in [5.74, 6) is 0.829. The number of ether oxygens (including phenoxy) is 1. The third kappa shape index (κ3) is 3.62. The van der Waals surface area contributed by atoms with E-state index in [1.807, 2.05) is 0 Å². The molecule has 0 aromatic rings. The number of hydrogen-bond acceptors (Lipinski definition) is 3. The standard InChI is InChI=1S/C18H36N2O/c1-16(2,3)15-7-6-9-18(13-19,10-8-15)20-11-12-21-14-17(20,4)5/h15H,6-14,19H2,1-5H3. The first-order valence-corrected chi connectivity index (χ1v) is 8.77. The molecular formula is C18H36N2O. The molecule has 1 aliphatic heterocycles. The molecule has 1 saturated heterocycles. The third-order valence-corrected chi connectivity index (χ3v) is 5.98. The van der Waals surface area contributed by atoms with E-state index in [4.69, 9.17) is 10.5 Å². The SMILES string of the molecule is CC(C)(C)C1CCCC(CN)(N2CCOCC2(C)C)CC1. The molecule has 2 unspecified atom stereocenters. The molecule has 2 N–H and O–H groups in total. The van der Waals surface area contributed by atoms with Crippen LogP contribution in [0, 0.1) is 11.3 Å². The van der Waals surface area contributed by atoms with Gasteiger partial charge in [0, 0.05) is 24.2 Å². The lowest BCUT2D eigenvalue weighted by atomic mass is 9.75. The Morgan fingerprint density at radius 1 is 1.19 bits per heavy atom. The Kier molecular flexibility index (Phi) is 5.07. The fourth-order valence-electron chi connectivity index (χ4n) is 4.58. The predicted molar refractivity (Wildman–Crippen MR) is 89.4 cm³/mol. The molecular weight excluding hydrogens is 260 g/mol. The van der Waals surface area contributed by atoms with Crippen LogP contribution in [0.2, 0.25) is 0 Å². The Labute approximate surface area is 131 Å². The Morgan fingerprint density at radius 2 is 1.90 bits per heavy atom. The van der Waals surface area contributed by atoms with Gasteiger partial charge >= 0.3 is 0 Å². The highest BCUT2D eigenvalue weighted by molar-refractivity contribution is 5.02. The molecule has 2 rings (SSSR count). The fraction of sp³-hybridized carbons (Fsp3) is 1.00. The van der Waals surface area contributed by atoms with Crippen molar-refractivity contribution in [2.45, 2.75) is 77.8 Å². The normalized spacial score (nSPS) is 35.4. The van der Waals surface area contributed by atoms with Gasteiger partial charge in [-0.2, -0.15) is 0 Å². The van der Waals surface area contributed by atoms with E-state index in [9.17, 15) is 0 Å². The zero-order chi connectivity index (χ0) is 15.7. The summed E-state index contributed by atoms with van der Waals surface area (Å²) in [4.78, 5) is 2.69. The predicted octanol–water partition coefficient (Wildman–Crippen LogP) is 3.42. The minimum absolute atomic E-state index is 0.110. The van der Waals surface area contributed by atoms with E-state index in [2.05, 4.69) is 39.5 Å². The molecule has 0 amide bonds. The average molecular weight is 296 g/mol. The number of hydrogen-bond donors (Lipinski definition) is 1. The van der Waals surface area contributed by atoms with Gasteiger partial charge in [0.25, 0.3) is 0 Å². The van der Waals surface area contributed by atoms with Gasteiger partial charge in [-0.25, -0.2) is 0 Å².